The van der Waals surface area contributed by atoms with Crippen molar-refractivity contribution < 1.29 is 8.42 Å². The molecule has 0 aliphatic heterocycles. The summed E-state index contributed by atoms with van der Waals surface area (Å²) in [4.78, 5) is 0.310. The van der Waals surface area contributed by atoms with Crippen molar-refractivity contribution in [3.8, 4) is 6.07 Å². The molecular weight excluding hydrogens is 407 g/mol. The number of rotatable bonds is 3. The highest BCUT2D eigenvalue weighted by Gasteiger charge is 2.19. The third kappa shape index (κ3) is 3.10. The van der Waals surface area contributed by atoms with E-state index < -0.39 is 10.0 Å². The molecule has 0 saturated heterocycles. The van der Waals surface area contributed by atoms with E-state index >= 15 is 0 Å². The van der Waals surface area contributed by atoms with Crippen molar-refractivity contribution >= 4 is 66.2 Å². The summed E-state index contributed by atoms with van der Waals surface area (Å²) in [6.07, 6.45) is 0. The third-order valence-corrected chi connectivity index (χ3v) is 6.85. The Morgan fingerprint density at radius 2 is 1.90 bits per heavy atom. The van der Waals surface area contributed by atoms with Crippen LogP contribution >= 0.6 is 50.5 Å². The molecule has 0 atom stereocenters. The first kappa shape index (κ1) is 15.6. The van der Waals surface area contributed by atoms with E-state index in [0.29, 0.717) is 9.35 Å². The van der Waals surface area contributed by atoms with E-state index in [1.54, 1.807) is 6.07 Å². The smallest absolute Gasteiger partial charge is 0.271 e. The molecule has 0 fully saturated rings. The molecule has 0 spiro atoms. The van der Waals surface area contributed by atoms with Crippen LogP contribution in [-0.4, -0.2) is 8.42 Å². The van der Waals surface area contributed by atoms with Crippen molar-refractivity contribution in [2.75, 3.05) is 4.72 Å². The van der Waals surface area contributed by atoms with Gasteiger partial charge in [-0.2, -0.15) is 5.26 Å². The van der Waals surface area contributed by atoms with Gasteiger partial charge in [0.2, 0.25) is 0 Å². The van der Waals surface area contributed by atoms with Crippen molar-refractivity contribution in [1.29, 1.82) is 5.26 Å². The quantitative estimate of drug-likeness (QED) is 0.756. The van der Waals surface area contributed by atoms with Gasteiger partial charge in [0, 0.05) is 4.47 Å². The zero-order valence-corrected chi connectivity index (χ0v) is 14.3. The summed E-state index contributed by atoms with van der Waals surface area (Å²) in [7, 11) is -3.80. The fourth-order valence-electron chi connectivity index (χ4n) is 1.32. The zero-order chi connectivity index (χ0) is 14.9. The first-order valence-corrected chi connectivity index (χ1v) is 8.86. The molecule has 0 aliphatic carbocycles. The largest absolute Gasteiger partial charge is 0.277 e. The molecule has 0 radical (unpaired) electrons. The Labute approximate surface area is 138 Å². The normalized spacial score (nSPS) is 11.1. The van der Waals surface area contributed by atoms with Crippen LogP contribution in [0.25, 0.3) is 0 Å². The number of halogens is 3. The Balaban J connectivity index is 2.39. The van der Waals surface area contributed by atoms with Crippen LogP contribution < -0.4 is 4.72 Å². The number of nitrogens with zero attached hydrogens (tertiary/aromatic N) is 1. The van der Waals surface area contributed by atoms with Crippen LogP contribution in [0.3, 0.4) is 0 Å². The lowest BCUT2D eigenvalue weighted by molar-refractivity contribution is 0.603. The molecule has 2 aromatic rings. The van der Waals surface area contributed by atoms with Gasteiger partial charge in [-0.15, -0.1) is 11.3 Å². The van der Waals surface area contributed by atoms with E-state index in [1.165, 1.54) is 18.2 Å². The van der Waals surface area contributed by atoms with Crippen LogP contribution in [0.2, 0.25) is 10.0 Å². The Kier molecular flexibility index (Phi) is 4.62. The molecule has 20 heavy (non-hydrogen) atoms. The average molecular weight is 412 g/mol. The topological polar surface area (TPSA) is 70.0 Å². The average Bonchev–Trinajstić information content (AvgIpc) is 2.89. The van der Waals surface area contributed by atoms with Gasteiger partial charge in [0.1, 0.15) is 15.2 Å². The second-order valence-electron chi connectivity index (χ2n) is 3.56. The molecule has 9 heteroatoms. The molecule has 1 aromatic heterocycles. The minimum Gasteiger partial charge on any atom is -0.277 e. The monoisotopic (exact) mass is 410 g/mol. The highest BCUT2D eigenvalue weighted by atomic mass is 79.9. The maximum atomic E-state index is 12.2. The maximum Gasteiger partial charge on any atom is 0.271 e. The molecule has 0 aliphatic rings. The number of anilines is 1. The summed E-state index contributed by atoms with van der Waals surface area (Å²) >= 11 is 16.0. The van der Waals surface area contributed by atoms with Crippen LogP contribution in [0.5, 0.6) is 0 Å². The predicted octanol–water partition coefficient (Wildman–Crippen LogP) is 4.49. The SMILES string of the molecule is N#Cc1ccc(S(=O)(=O)Nc2ccc(Br)c(Cl)c2Cl)s1. The van der Waals surface area contributed by atoms with Crippen molar-refractivity contribution in [3.63, 3.8) is 0 Å². The second kappa shape index (κ2) is 5.92. The molecule has 0 amide bonds. The van der Waals surface area contributed by atoms with Crippen LogP contribution in [-0.2, 0) is 10.0 Å². The number of sulfonamides is 1. The van der Waals surface area contributed by atoms with Gasteiger partial charge in [-0.25, -0.2) is 8.42 Å². The Hall–Kier alpha value is -0.780. The number of hydrogen-bond acceptors (Lipinski definition) is 4. The summed E-state index contributed by atoms with van der Waals surface area (Å²) in [5.74, 6) is 0. The van der Waals surface area contributed by atoms with Gasteiger partial charge in [-0.3, -0.25) is 4.72 Å². The minimum absolute atomic E-state index is 0.0316. The lowest BCUT2D eigenvalue weighted by atomic mass is 10.3. The Morgan fingerprint density at radius 3 is 2.50 bits per heavy atom. The van der Waals surface area contributed by atoms with E-state index in [2.05, 4.69) is 20.7 Å². The molecule has 1 N–H and O–H groups in total. The van der Waals surface area contributed by atoms with Gasteiger partial charge < -0.3 is 0 Å². The number of nitriles is 1. The number of thiophene rings is 1. The van der Waals surface area contributed by atoms with Gasteiger partial charge in [0.25, 0.3) is 10.0 Å². The van der Waals surface area contributed by atoms with Gasteiger partial charge in [0.15, 0.2) is 0 Å². The highest BCUT2D eigenvalue weighted by molar-refractivity contribution is 9.10. The zero-order valence-electron chi connectivity index (χ0n) is 9.52. The molecule has 0 bridgehead atoms. The Bertz CT molecular complexity index is 812. The van der Waals surface area contributed by atoms with Crippen LogP contribution in [0, 0.1) is 11.3 Å². The van der Waals surface area contributed by atoms with Crippen LogP contribution in [0.4, 0.5) is 5.69 Å². The van der Waals surface area contributed by atoms with Gasteiger partial charge in [0.05, 0.1) is 15.7 Å². The van der Waals surface area contributed by atoms with Crippen LogP contribution in [0.15, 0.2) is 32.9 Å². The third-order valence-electron chi connectivity index (χ3n) is 2.24. The van der Waals surface area contributed by atoms with E-state index in [9.17, 15) is 8.42 Å². The van der Waals surface area contributed by atoms with Crippen molar-refractivity contribution in [2.45, 2.75) is 4.21 Å². The summed E-state index contributed by atoms with van der Waals surface area (Å²) < 4.78 is 27.3. The molecule has 2 rings (SSSR count). The molecule has 0 unspecified atom stereocenters. The number of hydrogen-bond donors (Lipinski definition) is 1. The summed E-state index contributed by atoms with van der Waals surface area (Å²) in [6.45, 7) is 0. The minimum atomic E-state index is -3.80. The maximum absolute atomic E-state index is 12.2. The van der Waals surface area contributed by atoms with E-state index in [1.807, 2.05) is 6.07 Å². The first-order chi connectivity index (χ1) is 9.35. The van der Waals surface area contributed by atoms with Gasteiger partial charge >= 0.3 is 0 Å². The van der Waals surface area contributed by atoms with Crippen molar-refractivity contribution in [2.24, 2.45) is 0 Å². The second-order valence-corrected chi connectivity index (χ2v) is 8.16. The number of benzene rings is 1. The van der Waals surface area contributed by atoms with Gasteiger partial charge in [-0.1, -0.05) is 23.2 Å². The number of nitrogens with one attached hydrogen (secondary N) is 1. The molecular formula is C11H5BrCl2N2O2S2. The summed E-state index contributed by atoms with van der Waals surface area (Å²) in [6, 6.07) is 7.76. The standard InChI is InChI=1S/C11H5BrCl2N2O2S2/c12-7-2-3-8(11(14)10(7)13)16-20(17,18)9-4-1-6(5-15)19-9/h1-4,16H. The van der Waals surface area contributed by atoms with Crippen LogP contribution in [0.1, 0.15) is 4.88 Å². The summed E-state index contributed by atoms with van der Waals surface area (Å²) in [5.41, 5.74) is 0.173. The first-order valence-electron chi connectivity index (χ1n) is 5.01. The molecule has 1 aromatic carbocycles. The fourth-order valence-corrected chi connectivity index (χ4v) is 4.38. The van der Waals surface area contributed by atoms with Crippen molar-refractivity contribution in [1.82, 2.24) is 0 Å². The van der Waals surface area contributed by atoms with Gasteiger partial charge in [-0.05, 0) is 40.2 Å². The van der Waals surface area contributed by atoms with Crippen molar-refractivity contribution in [3.05, 3.63) is 43.7 Å². The van der Waals surface area contributed by atoms with E-state index in [-0.39, 0.29) is 19.9 Å². The molecule has 4 nitrogen and oxygen atoms in total. The van der Waals surface area contributed by atoms with E-state index in [4.69, 9.17) is 28.5 Å². The lowest BCUT2D eigenvalue weighted by Gasteiger charge is -2.09. The Morgan fingerprint density at radius 1 is 1.20 bits per heavy atom. The molecule has 0 saturated carbocycles. The highest BCUT2D eigenvalue weighted by Crippen LogP contribution is 2.37. The lowest BCUT2D eigenvalue weighted by Crippen LogP contribution is -2.11. The predicted molar refractivity (Wildman–Crippen MR) is 84.0 cm³/mol. The van der Waals surface area contributed by atoms with E-state index in [0.717, 1.165) is 11.3 Å². The molecule has 1 heterocycles. The molecule has 104 valence electrons. The summed E-state index contributed by atoms with van der Waals surface area (Å²) in [5, 5.41) is 9.04. The fraction of sp³-hybridized carbons (Fsp3) is 0.